The fourth-order valence-electron chi connectivity index (χ4n) is 3.81. The minimum atomic E-state index is -0.435. The second-order valence-electron chi connectivity index (χ2n) is 8.96. The van der Waals surface area contributed by atoms with Crippen LogP contribution < -0.4 is 26.9 Å². The molecule has 1 aliphatic heterocycles. The van der Waals surface area contributed by atoms with Gasteiger partial charge in [-0.3, -0.25) is 20.9 Å². The number of nitrogens with one attached hydrogen (secondary N) is 1. The first kappa shape index (κ1) is 27.0. The van der Waals surface area contributed by atoms with Crippen LogP contribution in [0.15, 0.2) is 6.08 Å². The number of hydrogen-bond acceptors (Lipinski definition) is 6. The van der Waals surface area contributed by atoms with Gasteiger partial charge in [-0.15, -0.1) is 4.37 Å². The van der Waals surface area contributed by atoms with E-state index in [4.69, 9.17) is 20.9 Å². The van der Waals surface area contributed by atoms with Gasteiger partial charge in [-0.1, -0.05) is 32.3 Å². The molecule has 2 heterocycles. The lowest BCUT2D eigenvalue weighted by Crippen LogP contribution is -2.78. The number of guanidine groups is 1. The Morgan fingerprint density at radius 2 is 2.09 bits per heavy atom. The number of hydrogen-bond donors (Lipinski definition) is 4. The van der Waals surface area contributed by atoms with Gasteiger partial charge in [0.1, 0.15) is 12.2 Å². The van der Waals surface area contributed by atoms with Crippen LogP contribution in [0, 0.1) is 0 Å². The van der Waals surface area contributed by atoms with Crippen molar-refractivity contribution in [2.45, 2.75) is 71.1 Å². The molecular weight excluding hydrogens is 442 g/mol. The number of rotatable bonds is 14. The van der Waals surface area contributed by atoms with Crippen molar-refractivity contribution in [3.63, 3.8) is 0 Å². The molecule has 2 rings (SSSR count). The van der Waals surface area contributed by atoms with Gasteiger partial charge in [0.25, 0.3) is 5.88 Å². The highest BCUT2D eigenvalue weighted by molar-refractivity contribution is 6.99. The Bertz CT molecular complexity index is 810. The Hall–Kier alpha value is -2.24. The minimum absolute atomic E-state index is 0.179. The van der Waals surface area contributed by atoms with E-state index in [1.807, 2.05) is 6.92 Å². The summed E-state index contributed by atoms with van der Waals surface area (Å²) in [5.41, 5.74) is 16.6. The summed E-state index contributed by atoms with van der Waals surface area (Å²) in [5.74, 6) is 0.510. The molecule has 1 aromatic rings. The molecule has 0 aliphatic carbocycles. The smallest absolute Gasteiger partial charge is 0.369 e. The van der Waals surface area contributed by atoms with Crippen molar-refractivity contribution >= 4 is 29.2 Å². The average Bonchev–Trinajstić information content (AvgIpc) is 3.25. The summed E-state index contributed by atoms with van der Waals surface area (Å²) in [4.78, 5) is 15.4. The molecule has 33 heavy (non-hydrogen) atoms. The predicted molar refractivity (Wildman–Crippen MR) is 129 cm³/mol. The van der Waals surface area contributed by atoms with Crippen molar-refractivity contribution < 1.29 is 29.5 Å². The number of aromatic nitrogens is 2. The normalized spacial score (nSPS) is 19.9. The number of esters is 1. The molecule has 0 bridgehead atoms. The van der Waals surface area contributed by atoms with Gasteiger partial charge in [-0.25, -0.2) is 4.79 Å². The monoisotopic (exact) mass is 484 g/mol. The third-order valence-electron chi connectivity index (χ3n) is 6.12. The zero-order valence-electron chi connectivity index (χ0n) is 20.3. The molecule has 1 aromatic heterocycles. The summed E-state index contributed by atoms with van der Waals surface area (Å²) in [6, 6.07) is -0.435. The fraction of sp³-hybridized carbons (Fsp3) is 0.727. The average molecular weight is 485 g/mol. The van der Waals surface area contributed by atoms with Gasteiger partial charge >= 0.3 is 11.9 Å². The SMILES string of the molecule is CCCCCCOc1nsnc1C1=CCC[N+](C)([C@H](C)OC(=O)[C@@H]([NH3+])CCC[NH+]=C(N)N)C1. The third-order valence-corrected chi connectivity index (χ3v) is 6.63. The summed E-state index contributed by atoms with van der Waals surface area (Å²) in [6.07, 6.45) is 8.69. The van der Waals surface area contributed by atoms with E-state index in [0.29, 0.717) is 36.5 Å². The number of nitrogens with zero attached hydrogens (tertiary/aromatic N) is 3. The fourth-order valence-corrected chi connectivity index (χ4v) is 4.34. The maximum atomic E-state index is 12.6. The second-order valence-corrected chi connectivity index (χ2v) is 9.49. The lowest BCUT2D eigenvalue weighted by molar-refractivity contribution is -0.944. The van der Waals surface area contributed by atoms with Gasteiger partial charge in [0.15, 0.2) is 6.04 Å². The van der Waals surface area contributed by atoms with Crippen LogP contribution in [0.4, 0.5) is 0 Å². The molecule has 11 heteroatoms. The van der Waals surface area contributed by atoms with E-state index < -0.39 is 6.04 Å². The number of carbonyl (C=O) groups excluding carboxylic acids is 1. The highest BCUT2D eigenvalue weighted by Crippen LogP contribution is 2.31. The lowest BCUT2D eigenvalue weighted by atomic mass is 10.0. The first-order valence-electron chi connectivity index (χ1n) is 11.9. The van der Waals surface area contributed by atoms with Crippen LogP contribution in [0.1, 0.15) is 64.5 Å². The highest BCUT2D eigenvalue weighted by Gasteiger charge is 2.37. The Morgan fingerprint density at radius 1 is 1.30 bits per heavy atom. The van der Waals surface area contributed by atoms with Gasteiger partial charge < -0.3 is 15.2 Å². The highest BCUT2D eigenvalue weighted by atomic mass is 32.1. The quantitative estimate of drug-likeness (QED) is 0.0900. The van der Waals surface area contributed by atoms with E-state index in [9.17, 15) is 4.79 Å². The largest absolute Gasteiger partial charge is 0.475 e. The summed E-state index contributed by atoms with van der Waals surface area (Å²) in [5, 5.41) is 0. The van der Waals surface area contributed by atoms with Crippen molar-refractivity contribution in [3.05, 3.63) is 11.8 Å². The molecule has 0 radical (unpaired) electrons. The third kappa shape index (κ3) is 8.56. The van der Waals surface area contributed by atoms with Crippen LogP contribution in [0.3, 0.4) is 0 Å². The zero-order chi connectivity index (χ0) is 24.3. The maximum Gasteiger partial charge on any atom is 0.369 e. The first-order valence-corrected chi connectivity index (χ1v) is 12.6. The Morgan fingerprint density at radius 3 is 2.82 bits per heavy atom. The number of carbonyl (C=O) groups is 1. The summed E-state index contributed by atoms with van der Waals surface area (Å²) < 4.78 is 21.2. The van der Waals surface area contributed by atoms with Crippen molar-refractivity contribution in [1.29, 1.82) is 0 Å². The predicted octanol–water partition coefficient (Wildman–Crippen LogP) is -0.635. The first-order chi connectivity index (χ1) is 15.8. The Labute approximate surface area is 201 Å². The number of quaternary nitrogens is 2. The summed E-state index contributed by atoms with van der Waals surface area (Å²) in [7, 11) is 2.11. The second kappa shape index (κ2) is 13.5. The van der Waals surface area contributed by atoms with Gasteiger partial charge in [0.05, 0.1) is 38.5 Å². The lowest BCUT2D eigenvalue weighted by Gasteiger charge is -2.41. The number of ether oxygens (including phenoxy) is 2. The molecule has 8 N–H and O–H groups in total. The van der Waals surface area contributed by atoms with E-state index in [2.05, 4.69) is 39.5 Å². The molecule has 0 saturated heterocycles. The van der Waals surface area contributed by atoms with Crippen molar-refractivity contribution in [2.75, 3.05) is 33.3 Å². The van der Waals surface area contributed by atoms with Crippen molar-refractivity contribution in [2.24, 2.45) is 11.5 Å². The van der Waals surface area contributed by atoms with Crippen LogP contribution in [0.5, 0.6) is 5.88 Å². The maximum absolute atomic E-state index is 12.6. The Balaban J connectivity index is 1.91. The Kier molecular flexibility index (Phi) is 11.0. The van der Waals surface area contributed by atoms with Crippen LogP contribution in [0.25, 0.3) is 5.57 Å². The van der Waals surface area contributed by atoms with E-state index >= 15 is 0 Å². The van der Waals surface area contributed by atoms with Gasteiger partial charge in [-0.05, 0) is 12.8 Å². The molecular formula is C22H42N7O3S+3. The molecule has 0 saturated carbocycles. The number of likely N-dealkylation sites (N-methyl/N-ethyl adjacent to an activating group) is 1. The van der Waals surface area contributed by atoms with E-state index in [-0.39, 0.29) is 18.2 Å². The van der Waals surface area contributed by atoms with Crippen LogP contribution in [-0.4, -0.2) is 70.7 Å². The minimum Gasteiger partial charge on any atom is -0.475 e. The molecule has 0 spiro atoms. The molecule has 10 nitrogen and oxygen atoms in total. The van der Waals surface area contributed by atoms with Crippen LogP contribution >= 0.6 is 11.7 Å². The molecule has 0 fully saturated rings. The summed E-state index contributed by atoms with van der Waals surface area (Å²) in [6.45, 7) is 6.97. The topological polar surface area (TPSA) is 155 Å². The molecule has 0 amide bonds. The van der Waals surface area contributed by atoms with Gasteiger partial charge in [0, 0.05) is 25.3 Å². The van der Waals surface area contributed by atoms with Crippen molar-refractivity contribution in [3.8, 4) is 5.88 Å². The number of nitrogens with two attached hydrogens (primary N) is 2. The van der Waals surface area contributed by atoms with E-state index in [1.54, 1.807) is 0 Å². The van der Waals surface area contributed by atoms with E-state index in [0.717, 1.165) is 43.5 Å². The van der Waals surface area contributed by atoms with Crippen molar-refractivity contribution in [1.82, 2.24) is 8.75 Å². The van der Waals surface area contributed by atoms with Crippen LogP contribution in [-0.2, 0) is 9.53 Å². The zero-order valence-corrected chi connectivity index (χ0v) is 21.2. The number of unbranched alkanes of at least 4 members (excludes halogenated alkanes) is 3. The summed E-state index contributed by atoms with van der Waals surface area (Å²) >= 11 is 1.17. The van der Waals surface area contributed by atoms with Gasteiger partial charge in [0.2, 0.25) is 6.23 Å². The standard InChI is InChI=1S/C22H40N7O3S/c1-4-5-6-7-14-31-20-19(27-33-28-20)17-10-9-13-29(3,15-17)16(2)32-21(30)18(23)11-8-12-26-22(24)25/h10,16,18H,4-9,11-15,23H2,1-3H3,(H4,24,25,26)/q+1/p+2/t16-,18-,29?/m0/s1. The molecule has 0 aromatic carbocycles. The van der Waals surface area contributed by atoms with E-state index in [1.165, 1.54) is 24.6 Å². The molecule has 186 valence electrons. The molecule has 3 atom stereocenters. The molecule has 1 aliphatic rings. The van der Waals surface area contributed by atoms with Gasteiger partial charge in [-0.2, -0.15) is 4.37 Å². The van der Waals surface area contributed by atoms with Crippen LogP contribution in [0.2, 0.25) is 0 Å². The molecule has 1 unspecified atom stereocenters.